The Balaban J connectivity index is 2.84. The van der Waals surface area contributed by atoms with Crippen molar-refractivity contribution in [2.75, 3.05) is 13.6 Å². The minimum absolute atomic E-state index is 0.0785. The Morgan fingerprint density at radius 3 is 2.60 bits per heavy atom. The summed E-state index contributed by atoms with van der Waals surface area (Å²) in [5, 5.41) is 8.52. The van der Waals surface area contributed by atoms with Gasteiger partial charge in [-0.15, -0.1) is 13.2 Å². The maximum atomic E-state index is 13.6. The molecular weight excluding hydrogens is 282 g/mol. The number of alkyl halides is 3. The molecule has 0 aliphatic rings. The van der Waals surface area contributed by atoms with Gasteiger partial charge in [0, 0.05) is 18.7 Å². The van der Waals surface area contributed by atoms with E-state index in [0.717, 1.165) is 18.2 Å². The Kier molecular flexibility index (Phi) is 5.32. The van der Waals surface area contributed by atoms with Gasteiger partial charge >= 0.3 is 12.3 Å². The lowest BCUT2D eigenvalue weighted by atomic mass is 10.1. The third kappa shape index (κ3) is 5.43. The van der Waals surface area contributed by atoms with E-state index >= 15 is 0 Å². The normalized spacial score (nSPS) is 11.7. The summed E-state index contributed by atoms with van der Waals surface area (Å²) in [6, 6.07) is 3.14. The van der Waals surface area contributed by atoms with Crippen molar-refractivity contribution >= 4 is 5.97 Å². The van der Waals surface area contributed by atoms with E-state index in [1.165, 1.54) is 11.9 Å². The Hall–Kier alpha value is -1.83. The van der Waals surface area contributed by atoms with Gasteiger partial charge in [-0.1, -0.05) is 6.07 Å². The largest absolute Gasteiger partial charge is 0.573 e. The predicted octanol–water partition coefficient (Wildman–Crippen LogP) is 2.63. The average molecular weight is 295 g/mol. The van der Waals surface area contributed by atoms with E-state index in [0.29, 0.717) is 0 Å². The van der Waals surface area contributed by atoms with Gasteiger partial charge in [-0.2, -0.15) is 0 Å². The molecule has 0 bridgehead atoms. The van der Waals surface area contributed by atoms with Crippen LogP contribution in [0, 0.1) is 5.82 Å². The molecule has 0 aromatic heterocycles. The van der Waals surface area contributed by atoms with E-state index in [9.17, 15) is 22.4 Å². The second-order valence-electron chi connectivity index (χ2n) is 4.15. The van der Waals surface area contributed by atoms with Gasteiger partial charge in [-0.05, 0) is 19.2 Å². The van der Waals surface area contributed by atoms with Crippen molar-refractivity contribution in [2.24, 2.45) is 0 Å². The number of hydrogen-bond acceptors (Lipinski definition) is 3. The maximum Gasteiger partial charge on any atom is 0.573 e. The molecule has 112 valence electrons. The van der Waals surface area contributed by atoms with Gasteiger partial charge in [0.15, 0.2) is 0 Å². The molecular formula is C12H13F4NO3. The summed E-state index contributed by atoms with van der Waals surface area (Å²) in [7, 11) is 1.48. The topological polar surface area (TPSA) is 49.8 Å². The molecule has 8 heteroatoms. The fourth-order valence-electron chi connectivity index (χ4n) is 1.55. The van der Waals surface area contributed by atoms with E-state index < -0.39 is 23.9 Å². The SMILES string of the molecule is CN(CCC(=O)O)Cc1c(F)cccc1OC(F)(F)F. The summed E-state index contributed by atoms with van der Waals surface area (Å²) < 4.78 is 54.0. The first-order valence-corrected chi connectivity index (χ1v) is 5.62. The fraction of sp³-hybridized carbons (Fsp3) is 0.417. The lowest BCUT2D eigenvalue weighted by Crippen LogP contribution is -2.24. The van der Waals surface area contributed by atoms with Crippen LogP contribution in [0.5, 0.6) is 5.75 Å². The summed E-state index contributed by atoms with van der Waals surface area (Å²) in [5.74, 6) is -2.51. The number of rotatable bonds is 6. The van der Waals surface area contributed by atoms with Crippen LogP contribution < -0.4 is 4.74 Å². The highest BCUT2D eigenvalue weighted by Crippen LogP contribution is 2.28. The number of aliphatic carboxylic acids is 1. The minimum atomic E-state index is -4.91. The van der Waals surface area contributed by atoms with E-state index in [1.807, 2.05) is 0 Å². The number of carboxylic acids is 1. The van der Waals surface area contributed by atoms with Gasteiger partial charge in [0.1, 0.15) is 11.6 Å². The zero-order valence-electron chi connectivity index (χ0n) is 10.6. The smallest absolute Gasteiger partial charge is 0.481 e. The number of ether oxygens (including phenoxy) is 1. The molecule has 0 unspecified atom stereocenters. The summed E-state index contributed by atoms with van der Waals surface area (Å²) in [6.45, 7) is -0.111. The Morgan fingerprint density at radius 1 is 1.40 bits per heavy atom. The van der Waals surface area contributed by atoms with Crippen molar-refractivity contribution in [2.45, 2.75) is 19.3 Å². The van der Waals surface area contributed by atoms with Gasteiger partial charge in [0.05, 0.1) is 6.42 Å². The van der Waals surface area contributed by atoms with E-state index in [4.69, 9.17) is 5.11 Å². The van der Waals surface area contributed by atoms with E-state index in [1.54, 1.807) is 0 Å². The van der Waals surface area contributed by atoms with Crippen LogP contribution in [0.3, 0.4) is 0 Å². The Bertz CT molecular complexity index is 476. The first-order valence-electron chi connectivity index (χ1n) is 5.62. The van der Waals surface area contributed by atoms with Crippen molar-refractivity contribution < 1.29 is 32.2 Å². The van der Waals surface area contributed by atoms with E-state index in [-0.39, 0.29) is 25.1 Å². The van der Waals surface area contributed by atoms with Crippen LogP contribution in [-0.2, 0) is 11.3 Å². The molecule has 20 heavy (non-hydrogen) atoms. The van der Waals surface area contributed by atoms with Gasteiger partial charge in [0.25, 0.3) is 0 Å². The van der Waals surface area contributed by atoms with Crippen LogP contribution in [0.4, 0.5) is 17.6 Å². The van der Waals surface area contributed by atoms with Crippen molar-refractivity contribution in [1.82, 2.24) is 4.90 Å². The van der Waals surface area contributed by atoms with E-state index in [2.05, 4.69) is 4.74 Å². The summed E-state index contributed by atoms with van der Waals surface area (Å²) >= 11 is 0. The molecule has 0 saturated carbocycles. The molecule has 1 N–H and O–H groups in total. The molecule has 0 heterocycles. The first-order chi connectivity index (χ1) is 9.19. The monoisotopic (exact) mass is 295 g/mol. The third-order valence-corrected chi connectivity index (χ3v) is 2.44. The number of carbonyl (C=O) groups is 1. The molecule has 0 aliphatic carbocycles. The van der Waals surface area contributed by atoms with Gasteiger partial charge in [0.2, 0.25) is 0 Å². The summed E-state index contributed by atoms with van der Waals surface area (Å²) in [4.78, 5) is 11.8. The molecule has 0 radical (unpaired) electrons. The lowest BCUT2D eigenvalue weighted by molar-refractivity contribution is -0.275. The molecule has 1 rings (SSSR count). The molecule has 1 aromatic rings. The van der Waals surface area contributed by atoms with Crippen LogP contribution in [0.1, 0.15) is 12.0 Å². The summed E-state index contributed by atoms with van der Waals surface area (Å²) in [6.07, 6.45) is -5.11. The zero-order valence-corrected chi connectivity index (χ0v) is 10.6. The zero-order chi connectivity index (χ0) is 15.3. The number of nitrogens with zero attached hydrogens (tertiary/aromatic N) is 1. The second-order valence-corrected chi connectivity index (χ2v) is 4.15. The highest BCUT2D eigenvalue weighted by atomic mass is 19.4. The molecule has 0 atom stereocenters. The summed E-state index contributed by atoms with van der Waals surface area (Å²) in [5.41, 5.74) is -0.266. The van der Waals surface area contributed by atoms with Gasteiger partial charge in [-0.3, -0.25) is 4.79 Å². The van der Waals surface area contributed by atoms with Crippen LogP contribution in [-0.4, -0.2) is 35.9 Å². The molecule has 0 fully saturated rings. The molecule has 1 aromatic carbocycles. The number of hydrogen-bond donors (Lipinski definition) is 1. The third-order valence-electron chi connectivity index (χ3n) is 2.44. The van der Waals surface area contributed by atoms with Crippen molar-refractivity contribution in [1.29, 1.82) is 0 Å². The number of halogens is 4. The van der Waals surface area contributed by atoms with Crippen LogP contribution in [0.15, 0.2) is 18.2 Å². The van der Waals surface area contributed by atoms with Crippen molar-refractivity contribution in [3.63, 3.8) is 0 Å². The first kappa shape index (κ1) is 16.2. The molecule has 0 amide bonds. The Labute approximate surface area is 112 Å². The highest BCUT2D eigenvalue weighted by Gasteiger charge is 2.32. The quantitative estimate of drug-likeness (QED) is 0.820. The van der Waals surface area contributed by atoms with Crippen molar-refractivity contribution in [3.05, 3.63) is 29.6 Å². The molecule has 0 saturated heterocycles. The average Bonchev–Trinajstić information content (AvgIpc) is 2.29. The fourth-order valence-corrected chi connectivity index (χ4v) is 1.55. The maximum absolute atomic E-state index is 13.6. The second kappa shape index (κ2) is 6.56. The van der Waals surface area contributed by atoms with Gasteiger partial charge in [-0.25, -0.2) is 4.39 Å². The van der Waals surface area contributed by atoms with Crippen LogP contribution >= 0.6 is 0 Å². The van der Waals surface area contributed by atoms with Crippen LogP contribution in [0.2, 0.25) is 0 Å². The minimum Gasteiger partial charge on any atom is -0.481 e. The highest BCUT2D eigenvalue weighted by molar-refractivity contribution is 5.66. The van der Waals surface area contributed by atoms with Crippen molar-refractivity contribution in [3.8, 4) is 5.75 Å². The molecule has 0 aliphatic heterocycles. The number of carboxylic acid groups (broad SMARTS) is 1. The molecule has 4 nitrogen and oxygen atoms in total. The lowest BCUT2D eigenvalue weighted by Gasteiger charge is -2.19. The predicted molar refractivity (Wildman–Crippen MR) is 61.7 cm³/mol. The Morgan fingerprint density at radius 2 is 2.05 bits per heavy atom. The van der Waals surface area contributed by atoms with Crippen LogP contribution in [0.25, 0.3) is 0 Å². The number of benzene rings is 1. The van der Waals surface area contributed by atoms with Gasteiger partial charge < -0.3 is 14.7 Å². The standard InChI is InChI=1S/C12H13F4NO3/c1-17(6-5-11(18)19)7-8-9(13)3-2-4-10(8)20-12(14,15)16/h2-4H,5-7H2,1H3,(H,18,19). The molecule has 0 spiro atoms.